The third-order valence-corrected chi connectivity index (χ3v) is 5.07. The highest BCUT2D eigenvalue weighted by Crippen LogP contribution is 2.24. The van der Waals surface area contributed by atoms with E-state index >= 15 is 0 Å². The van der Waals surface area contributed by atoms with Gasteiger partial charge in [-0.15, -0.1) is 11.3 Å². The first-order valence-electron chi connectivity index (χ1n) is 6.26. The summed E-state index contributed by atoms with van der Waals surface area (Å²) in [4.78, 5) is 15.2. The fourth-order valence-electron chi connectivity index (χ4n) is 2.34. The maximum absolute atomic E-state index is 12.2. The Balaban J connectivity index is 1.92. The average Bonchev–Trinajstić information content (AvgIpc) is 2.75. The molecule has 1 aliphatic heterocycles. The molecule has 2 rings (SSSR count). The van der Waals surface area contributed by atoms with Crippen LogP contribution in [-0.4, -0.2) is 35.1 Å². The first-order valence-corrected chi connectivity index (χ1v) is 7.87. The van der Waals surface area contributed by atoms with Crippen LogP contribution in [0.2, 0.25) is 0 Å². The van der Waals surface area contributed by atoms with E-state index in [2.05, 4.69) is 15.9 Å². The van der Waals surface area contributed by atoms with Crippen molar-refractivity contribution in [1.29, 1.82) is 0 Å². The molecule has 2 atom stereocenters. The van der Waals surface area contributed by atoms with Gasteiger partial charge >= 0.3 is 0 Å². The Hall–Kier alpha value is -0.390. The minimum Gasteiger partial charge on any atom is -0.393 e. The minimum absolute atomic E-state index is 0.176. The van der Waals surface area contributed by atoms with Gasteiger partial charge in [-0.1, -0.05) is 0 Å². The third kappa shape index (κ3) is 3.56. The van der Waals surface area contributed by atoms with E-state index in [0.717, 1.165) is 28.0 Å². The summed E-state index contributed by atoms with van der Waals surface area (Å²) in [6.07, 6.45) is 2.17. The lowest BCUT2D eigenvalue weighted by Crippen LogP contribution is -2.43. The Morgan fingerprint density at radius 1 is 1.67 bits per heavy atom. The zero-order valence-corrected chi connectivity index (χ0v) is 12.8. The van der Waals surface area contributed by atoms with Crippen LogP contribution in [0, 0.1) is 5.92 Å². The summed E-state index contributed by atoms with van der Waals surface area (Å²) in [7, 11) is 0. The van der Waals surface area contributed by atoms with Crippen LogP contribution in [0.3, 0.4) is 0 Å². The van der Waals surface area contributed by atoms with Crippen molar-refractivity contribution >= 4 is 33.2 Å². The molecule has 0 aromatic carbocycles. The fourth-order valence-corrected chi connectivity index (χ4v) is 3.81. The molecule has 2 heterocycles. The lowest BCUT2D eigenvalue weighted by Gasteiger charge is -2.34. The lowest BCUT2D eigenvalue weighted by molar-refractivity contribution is -0.133. The molecule has 0 spiro atoms. The summed E-state index contributed by atoms with van der Waals surface area (Å²) in [6.45, 7) is 3.34. The maximum Gasteiger partial charge on any atom is 0.227 e. The Kier molecular flexibility index (Phi) is 4.81. The summed E-state index contributed by atoms with van der Waals surface area (Å²) < 4.78 is 1.06. The van der Waals surface area contributed by atoms with Gasteiger partial charge in [0, 0.05) is 23.9 Å². The molecule has 1 amide bonds. The number of piperidine rings is 1. The first-order chi connectivity index (χ1) is 8.56. The van der Waals surface area contributed by atoms with E-state index in [9.17, 15) is 9.90 Å². The van der Waals surface area contributed by atoms with E-state index in [-0.39, 0.29) is 17.9 Å². The molecule has 0 radical (unpaired) electrons. The number of hydrogen-bond acceptors (Lipinski definition) is 3. The molecule has 18 heavy (non-hydrogen) atoms. The molecule has 3 nitrogen and oxygen atoms in total. The van der Waals surface area contributed by atoms with E-state index in [1.165, 1.54) is 0 Å². The Labute approximate surface area is 120 Å². The van der Waals surface area contributed by atoms with E-state index in [1.54, 1.807) is 11.3 Å². The van der Waals surface area contributed by atoms with Crippen molar-refractivity contribution in [3.63, 3.8) is 0 Å². The SMILES string of the molecule is CC(O)C1CCCN(C(=O)Cc2ccc(Br)s2)C1. The molecule has 100 valence electrons. The van der Waals surface area contributed by atoms with Crippen LogP contribution in [0.4, 0.5) is 0 Å². The smallest absolute Gasteiger partial charge is 0.227 e. The molecule has 5 heteroatoms. The van der Waals surface area contributed by atoms with Gasteiger partial charge in [-0.3, -0.25) is 4.79 Å². The van der Waals surface area contributed by atoms with E-state index < -0.39 is 0 Å². The largest absolute Gasteiger partial charge is 0.393 e. The van der Waals surface area contributed by atoms with Gasteiger partial charge in [0.2, 0.25) is 5.91 Å². The number of carbonyl (C=O) groups excluding carboxylic acids is 1. The van der Waals surface area contributed by atoms with Gasteiger partial charge in [0.1, 0.15) is 0 Å². The number of carbonyl (C=O) groups is 1. The van der Waals surface area contributed by atoms with Gasteiger partial charge in [0.25, 0.3) is 0 Å². The molecule has 0 saturated carbocycles. The second kappa shape index (κ2) is 6.17. The van der Waals surface area contributed by atoms with Crippen molar-refractivity contribution in [1.82, 2.24) is 4.90 Å². The monoisotopic (exact) mass is 331 g/mol. The summed E-state index contributed by atoms with van der Waals surface area (Å²) in [5, 5.41) is 9.63. The van der Waals surface area contributed by atoms with Crippen LogP contribution in [0.25, 0.3) is 0 Å². The number of thiophene rings is 1. The minimum atomic E-state index is -0.323. The van der Waals surface area contributed by atoms with Gasteiger partial charge in [0.15, 0.2) is 0 Å². The van der Waals surface area contributed by atoms with Gasteiger partial charge in [0.05, 0.1) is 16.3 Å². The molecule has 2 unspecified atom stereocenters. The third-order valence-electron chi connectivity index (χ3n) is 3.45. The molecular weight excluding hydrogens is 314 g/mol. The standard InChI is InChI=1S/C13H18BrNO2S/c1-9(16)10-3-2-6-15(8-10)13(17)7-11-4-5-12(14)18-11/h4-5,9-10,16H,2-3,6-8H2,1H3. The maximum atomic E-state index is 12.2. The zero-order chi connectivity index (χ0) is 13.1. The fraction of sp³-hybridized carbons (Fsp3) is 0.615. The number of rotatable bonds is 3. The lowest BCUT2D eigenvalue weighted by atomic mass is 9.93. The highest BCUT2D eigenvalue weighted by molar-refractivity contribution is 9.11. The van der Waals surface area contributed by atoms with Crippen molar-refractivity contribution in [2.75, 3.05) is 13.1 Å². The van der Waals surface area contributed by atoms with Gasteiger partial charge in [-0.2, -0.15) is 0 Å². The number of nitrogens with zero attached hydrogens (tertiary/aromatic N) is 1. The van der Waals surface area contributed by atoms with Crippen molar-refractivity contribution in [3.05, 3.63) is 20.8 Å². The van der Waals surface area contributed by atoms with Crippen LogP contribution in [0.15, 0.2) is 15.9 Å². The Morgan fingerprint density at radius 2 is 2.44 bits per heavy atom. The normalized spacial score (nSPS) is 21.9. The topological polar surface area (TPSA) is 40.5 Å². The molecule has 1 aromatic rings. The average molecular weight is 332 g/mol. The zero-order valence-electron chi connectivity index (χ0n) is 10.4. The van der Waals surface area contributed by atoms with E-state index in [0.29, 0.717) is 13.0 Å². The van der Waals surface area contributed by atoms with Crippen LogP contribution >= 0.6 is 27.3 Å². The predicted octanol–water partition coefficient (Wildman–Crippen LogP) is 2.67. The van der Waals surface area contributed by atoms with Crippen molar-refractivity contribution < 1.29 is 9.90 Å². The highest BCUT2D eigenvalue weighted by Gasteiger charge is 2.26. The van der Waals surface area contributed by atoms with Crippen LogP contribution in [0.5, 0.6) is 0 Å². The number of hydrogen-bond donors (Lipinski definition) is 1. The van der Waals surface area contributed by atoms with Crippen molar-refractivity contribution in [2.45, 2.75) is 32.3 Å². The first kappa shape index (κ1) is 14.0. The quantitative estimate of drug-likeness (QED) is 0.925. The van der Waals surface area contributed by atoms with Crippen LogP contribution < -0.4 is 0 Å². The van der Waals surface area contributed by atoms with Crippen LogP contribution in [-0.2, 0) is 11.2 Å². The van der Waals surface area contributed by atoms with E-state index in [4.69, 9.17) is 0 Å². The van der Waals surface area contributed by atoms with Gasteiger partial charge in [-0.25, -0.2) is 0 Å². The Morgan fingerprint density at radius 3 is 3.06 bits per heavy atom. The summed E-state index contributed by atoms with van der Waals surface area (Å²) in [5.41, 5.74) is 0. The summed E-state index contributed by atoms with van der Waals surface area (Å²) >= 11 is 5.01. The van der Waals surface area contributed by atoms with E-state index in [1.807, 2.05) is 24.0 Å². The Bertz CT molecular complexity index is 419. The summed E-state index contributed by atoms with van der Waals surface area (Å²) in [5.74, 6) is 0.410. The predicted molar refractivity (Wildman–Crippen MR) is 76.7 cm³/mol. The number of aliphatic hydroxyl groups excluding tert-OH is 1. The number of halogens is 1. The molecule has 0 aliphatic carbocycles. The molecule has 0 bridgehead atoms. The number of amides is 1. The second-order valence-electron chi connectivity index (χ2n) is 4.87. The van der Waals surface area contributed by atoms with Gasteiger partial charge in [-0.05, 0) is 47.8 Å². The van der Waals surface area contributed by atoms with Crippen molar-refractivity contribution in [2.24, 2.45) is 5.92 Å². The van der Waals surface area contributed by atoms with Gasteiger partial charge < -0.3 is 10.0 Å². The summed E-state index contributed by atoms with van der Waals surface area (Å²) in [6, 6.07) is 3.96. The molecule has 1 saturated heterocycles. The number of aliphatic hydroxyl groups is 1. The molecule has 1 aromatic heterocycles. The van der Waals surface area contributed by atoms with Crippen molar-refractivity contribution in [3.8, 4) is 0 Å². The molecular formula is C13H18BrNO2S. The molecule has 1 aliphatic rings. The molecule has 1 N–H and O–H groups in total. The van der Waals surface area contributed by atoms with Crippen LogP contribution in [0.1, 0.15) is 24.6 Å². The second-order valence-corrected chi connectivity index (χ2v) is 7.41. The number of likely N-dealkylation sites (tertiary alicyclic amines) is 1. The highest BCUT2D eigenvalue weighted by atomic mass is 79.9. The molecule has 1 fully saturated rings.